The van der Waals surface area contributed by atoms with Crippen molar-refractivity contribution in [2.45, 2.75) is 17.2 Å². The van der Waals surface area contributed by atoms with Crippen LogP contribution >= 0.6 is 23.6 Å². The molecule has 3 N–H and O–H groups in total. The summed E-state index contributed by atoms with van der Waals surface area (Å²) >= 11 is 5.69. The largest absolute Gasteiger partial charge is 0.468 e. The van der Waals surface area contributed by atoms with Gasteiger partial charge in [-0.05, 0) is 19.1 Å². The smallest absolute Gasteiger partial charge is 0.323 e. The van der Waals surface area contributed by atoms with Crippen molar-refractivity contribution in [3.05, 3.63) is 17.0 Å². The van der Waals surface area contributed by atoms with Gasteiger partial charge in [-0.15, -0.1) is 11.3 Å². The molecule has 0 saturated carbocycles. The Morgan fingerprint density at radius 3 is 2.61 bits per heavy atom. The third-order valence-corrected chi connectivity index (χ3v) is 5.48. The van der Waals surface area contributed by atoms with Gasteiger partial charge in [0, 0.05) is 0 Å². The Morgan fingerprint density at radius 1 is 1.56 bits per heavy atom. The van der Waals surface area contributed by atoms with E-state index in [0.717, 1.165) is 11.3 Å². The molecule has 0 amide bonds. The van der Waals surface area contributed by atoms with Crippen molar-refractivity contribution < 1.29 is 17.9 Å². The molecule has 1 aromatic rings. The topological polar surface area (TPSA) is 98.5 Å². The van der Waals surface area contributed by atoms with E-state index >= 15 is 0 Å². The first-order valence-electron chi connectivity index (χ1n) is 4.77. The van der Waals surface area contributed by atoms with Gasteiger partial charge in [-0.1, -0.05) is 12.2 Å². The molecule has 0 radical (unpaired) electrons. The third kappa shape index (κ3) is 3.48. The second-order valence-corrected chi connectivity index (χ2v) is 6.81. The highest BCUT2D eigenvalue weighted by atomic mass is 32.2. The fourth-order valence-corrected chi connectivity index (χ4v) is 3.67. The van der Waals surface area contributed by atoms with Crippen molar-refractivity contribution in [3.63, 3.8) is 0 Å². The minimum atomic E-state index is -3.77. The van der Waals surface area contributed by atoms with Crippen LogP contribution in [0.3, 0.4) is 0 Å². The molecule has 0 saturated heterocycles. The molecule has 0 aliphatic carbocycles. The third-order valence-electron chi connectivity index (χ3n) is 1.98. The summed E-state index contributed by atoms with van der Waals surface area (Å²) in [6.45, 7) is 1.39. The second kappa shape index (κ2) is 5.74. The van der Waals surface area contributed by atoms with E-state index in [4.69, 9.17) is 18.0 Å². The molecule has 6 nitrogen and oxygen atoms in total. The lowest BCUT2D eigenvalue weighted by molar-refractivity contribution is -0.142. The van der Waals surface area contributed by atoms with Crippen molar-refractivity contribution in [2.24, 2.45) is 5.73 Å². The number of rotatable bonds is 5. The lowest BCUT2D eigenvalue weighted by Gasteiger charge is -2.10. The number of thiophene rings is 1. The van der Waals surface area contributed by atoms with Gasteiger partial charge < -0.3 is 10.5 Å². The van der Waals surface area contributed by atoms with Crippen LogP contribution in [0.2, 0.25) is 0 Å². The van der Waals surface area contributed by atoms with Gasteiger partial charge in [0.1, 0.15) is 15.2 Å². The van der Waals surface area contributed by atoms with Crippen LogP contribution < -0.4 is 10.5 Å². The fraction of sp³-hybridized carbons (Fsp3) is 0.333. The van der Waals surface area contributed by atoms with Crippen molar-refractivity contribution in [3.8, 4) is 0 Å². The molecule has 1 heterocycles. The predicted molar refractivity (Wildman–Crippen MR) is 72.0 cm³/mol. The lowest BCUT2D eigenvalue weighted by Crippen LogP contribution is -2.38. The minimum Gasteiger partial charge on any atom is -0.468 e. The molecule has 1 rings (SSSR count). The molecule has 0 spiro atoms. The number of hydrogen-bond acceptors (Lipinski definition) is 6. The maximum Gasteiger partial charge on any atom is 0.323 e. The number of ether oxygens (including phenoxy) is 1. The maximum absolute atomic E-state index is 11.9. The summed E-state index contributed by atoms with van der Waals surface area (Å²) in [4.78, 5) is 11.8. The zero-order chi connectivity index (χ0) is 13.9. The monoisotopic (exact) mass is 308 g/mol. The molecule has 0 fully saturated rings. The standard InChI is InChI=1S/C9H12N2O4S3/c1-5(9(12)15-2)11-18(13,14)7-4-3-6(17-7)8(10)16/h3-5,11H,1-2H3,(H2,10,16). The van der Waals surface area contributed by atoms with Crippen LogP contribution in [0.25, 0.3) is 0 Å². The molecule has 18 heavy (non-hydrogen) atoms. The molecular formula is C9H12N2O4S3. The molecule has 100 valence electrons. The van der Waals surface area contributed by atoms with Crippen LogP contribution in [0.5, 0.6) is 0 Å². The lowest BCUT2D eigenvalue weighted by atomic mass is 10.4. The highest BCUT2D eigenvalue weighted by Crippen LogP contribution is 2.21. The summed E-state index contributed by atoms with van der Waals surface area (Å²) in [5.41, 5.74) is 5.39. The summed E-state index contributed by atoms with van der Waals surface area (Å²) in [6, 6.07) is 1.94. The van der Waals surface area contributed by atoms with Crippen LogP contribution in [-0.4, -0.2) is 32.5 Å². The van der Waals surface area contributed by atoms with Crippen molar-refractivity contribution in [1.29, 1.82) is 0 Å². The summed E-state index contributed by atoms with van der Waals surface area (Å²) in [7, 11) is -2.59. The number of nitrogens with two attached hydrogens (primary N) is 1. The molecule has 1 unspecified atom stereocenters. The number of hydrogen-bond donors (Lipinski definition) is 2. The zero-order valence-corrected chi connectivity index (χ0v) is 12.1. The van der Waals surface area contributed by atoms with Crippen LogP contribution in [0, 0.1) is 0 Å². The predicted octanol–water partition coefficient (Wildman–Crippen LogP) is 0.222. The van der Waals surface area contributed by atoms with E-state index in [1.165, 1.54) is 26.2 Å². The van der Waals surface area contributed by atoms with E-state index in [1.54, 1.807) is 0 Å². The number of sulfonamides is 1. The average molecular weight is 308 g/mol. The average Bonchev–Trinajstić information content (AvgIpc) is 2.77. The Labute approximate surface area is 114 Å². The van der Waals surface area contributed by atoms with Gasteiger partial charge in [-0.3, -0.25) is 4.79 Å². The molecule has 0 aliphatic heterocycles. The Bertz CT molecular complexity index is 564. The first kappa shape index (κ1) is 15.0. The van der Waals surface area contributed by atoms with Gasteiger partial charge in [-0.2, -0.15) is 4.72 Å². The van der Waals surface area contributed by atoms with Gasteiger partial charge in [0.15, 0.2) is 0 Å². The van der Waals surface area contributed by atoms with Gasteiger partial charge >= 0.3 is 5.97 Å². The first-order valence-corrected chi connectivity index (χ1v) is 7.48. The highest BCUT2D eigenvalue weighted by Gasteiger charge is 2.24. The van der Waals surface area contributed by atoms with Crippen LogP contribution in [0.15, 0.2) is 16.3 Å². The molecule has 1 aromatic heterocycles. The van der Waals surface area contributed by atoms with Crippen molar-refractivity contribution in [2.75, 3.05) is 7.11 Å². The SMILES string of the molecule is COC(=O)C(C)NS(=O)(=O)c1ccc(C(N)=S)s1. The molecule has 9 heteroatoms. The van der Waals surface area contributed by atoms with E-state index in [1.807, 2.05) is 0 Å². The first-order chi connectivity index (χ1) is 8.27. The summed E-state index contributed by atoms with van der Waals surface area (Å²) in [5.74, 6) is -0.662. The fourth-order valence-electron chi connectivity index (χ4n) is 1.11. The Kier molecular flexibility index (Phi) is 4.79. The van der Waals surface area contributed by atoms with Crippen LogP contribution in [0.4, 0.5) is 0 Å². The van der Waals surface area contributed by atoms with E-state index in [0.29, 0.717) is 4.88 Å². The molecule has 0 bridgehead atoms. The van der Waals surface area contributed by atoms with Gasteiger partial charge in [0.05, 0.1) is 12.0 Å². The van der Waals surface area contributed by atoms with E-state index in [9.17, 15) is 13.2 Å². The van der Waals surface area contributed by atoms with Crippen molar-refractivity contribution in [1.82, 2.24) is 4.72 Å². The quantitative estimate of drug-likeness (QED) is 0.596. The van der Waals surface area contributed by atoms with Gasteiger partial charge in [-0.25, -0.2) is 8.42 Å². The second-order valence-electron chi connectivity index (χ2n) is 3.35. The normalized spacial score (nSPS) is 13.0. The summed E-state index contributed by atoms with van der Waals surface area (Å²) in [6.07, 6.45) is 0. The molecular weight excluding hydrogens is 296 g/mol. The Hall–Kier alpha value is -1.03. The van der Waals surface area contributed by atoms with Crippen molar-refractivity contribution >= 4 is 44.5 Å². The van der Waals surface area contributed by atoms with E-state index in [-0.39, 0.29) is 9.20 Å². The molecule has 0 aromatic carbocycles. The van der Waals surface area contributed by atoms with E-state index < -0.39 is 22.0 Å². The highest BCUT2D eigenvalue weighted by molar-refractivity contribution is 7.91. The Morgan fingerprint density at radius 2 is 2.17 bits per heavy atom. The van der Waals surface area contributed by atoms with Crippen LogP contribution in [-0.2, 0) is 19.6 Å². The van der Waals surface area contributed by atoms with Gasteiger partial charge in [0.2, 0.25) is 0 Å². The molecule has 0 aliphatic rings. The number of methoxy groups -OCH3 is 1. The minimum absolute atomic E-state index is 0.0426. The molecule has 1 atom stereocenters. The number of carbonyl (C=O) groups is 1. The zero-order valence-electron chi connectivity index (χ0n) is 9.67. The number of nitrogens with one attached hydrogen (secondary N) is 1. The van der Waals surface area contributed by atoms with Crippen LogP contribution in [0.1, 0.15) is 11.8 Å². The number of thiocarbonyl (C=S) groups is 1. The summed E-state index contributed by atoms with van der Waals surface area (Å²) < 4.78 is 30.5. The maximum atomic E-state index is 11.9. The van der Waals surface area contributed by atoms with Gasteiger partial charge in [0.25, 0.3) is 10.0 Å². The Balaban J connectivity index is 2.92. The van der Waals surface area contributed by atoms with E-state index in [2.05, 4.69) is 9.46 Å². The summed E-state index contributed by atoms with van der Waals surface area (Å²) in [5, 5.41) is 0. The number of esters is 1. The number of carbonyl (C=O) groups excluding carboxylic acids is 1.